The Morgan fingerprint density at radius 2 is 1.90 bits per heavy atom. The smallest absolute Gasteiger partial charge is 0.254 e. The lowest BCUT2D eigenvalue weighted by molar-refractivity contribution is 0.0574. The summed E-state index contributed by atoms with van der Waals surface area (Å²) in [6, 6.07) is 8.18. The SMILES string of the molecule is CC(C)(C)c1ccc(C(=O)N2CCCCC2CCO)cc1. The number of rotatable bonds is 3. The topological polar surface area (TPSA) is 40.5 Å². The Morgan fingerprint density at radius 3 is 2.48 bits per heavy atom. The third kappa shape index (κ3) is 3.85. The summed E-state index contributed by atoms with van der Waals surface area (Å²) in [6.07, 6.45) is 3.91. The van der Waals surface area contributed by atoms with E-state index in [0.29, 0.717) is 6.42 Å². The molecule has 116 valence electrons. The Bertz CT molecular complexity index is 471. The molecule has 1 N–H and O–H groups in total. The molecule has 1 heterocycles. The quantitative estimate of drug-likeness (QED) is 0.927. The minimum absolute atomic E-state index is 0.103. The highest BCUT2D eigenvalue weighted by molar-refractivity contribution is 5.94. The van der Waals surface area contributed by atoms with Crippen LogP contribution >= 0.6 is 0 Å². The Labute approximate surface area is 128 Å². The van der Waals surface area contributed by atoms with Gasteiger partial charge in [-0.1, -0.05) is 32.9 Å². The molecule has 1 amide bonds. The van der Waals surface area contributed by atoms with E-state index in [4.69, 9.17) is 0 Å². The van der Waals surface area contributed by atoms with Crippen LogP contribution in [0.3, 0.4) is 0 Å². The van der Waals surface area contributed by atoms with Gasteiger partial charge in [-0.25, -0.2) is 0 Å². The summed E-state index contributed by atoms with van der Waals surface area (Å²) in [5.41, 5.74) is 2.10. The molecule has 1 aliphatic heterocycles. The number of likely N-dealkylation sites (tertiary alicyclic amines) is 1. The zero-order valence-electron chi connectivity index (χ0n) is 13.4. The molecule has 0 bridgehead atoms. The van der Waals surface area contributed by atoms with Crippen molar-refractivity contribution < 1.29 is 9.90 Å². The van der Waals surface area contributed by atoms with Crippen LogP contribution in [0.5, 0.6) is 0 Å². The Kier molecular flexibility index (Phi) is 5.04. The van der Waals surface area contributed by atoms with Gasteiger partial charge in [0.2, 0.25) is 0 Å². The monoisotopic (exact) mass is 289 g/mol. The van der Waals surface area contributed by atoms with Crippen LogP contribution in [0.2, 0.25) is 0 Å². The number of hydrogen-bond donors (Lipinski definition) is 1. The Balaban J connectivity index is 2.14. The number of carbonyl (C=O) groups is 1. The van der Waals surface area contributed by atoms with Gasteiger partial charge in [0.25, 0.3) is 5.91 Å². The Hall–Kier alpha value is -1.35. The molecule has 0 aliphatic carbocycles. The number of amides is 1. The van der Waals surface area contributed by atoms with E-state index < -0.39 is 0 Å². The number of hydrogen-bond acceptors (Lipinski definition) is 2. The molecule has 1 fully saturated rings. The van der Waals surface area contributed by atoms with Crippen molar-refractivity contribution in [2.45, 2.75) is 57.9 Å². The van der Waals surface area contributed by atoms with E-state index in [0.717, 1.165) is 31.4 Å². The second-order valence-electron chi connectivity index (χ2n) is 6.99. The van der Waals surface area contributed by atoms with Crippen molar-refractivity contribution in [1.82, 2.24) is 4.90 Å². The lowest BCUT2D eigenvalue weighted by atomic mass is 9.86. The second-order valence-corrected chi connectivity index (χ2v) is 6.99. The van der Waals surface area contributed by atoms with Crippen LogP contribution in [0.25, 0.3) is 0 Å². The molecule has 0 radical (unpaired) electrons. The zero-order valence-corrected chi connectivity index (χ0v) is 13.4. The molecule has 1 aromatic carbocycles. The van der Waals surface area contributed by atoms with Crippen LogP contribution in [0.15, 0.2) is 24.3 Å². The van der Waals surface area contributed by atoms with Gasteiger partial charge in [-0.2, -0.15) is 0 Å². The van der Waals surface area contributed by atoms with Gasteiger partial charge >= 0.3 is 0 Å². The predicted molar refractivity (Wildman–Crippen MR) is 85.5 cm³/mol. The molecule has 2 rings (SSSR count). The van der Waals surface area contributed by atoms with Gasteiger partial charge in [0, 0.05) is 24.8 Å². The standard InChI is InChI=1S/C18H27NO2/c1-18(2,3)15-9-7-14(8-10-15)17(21)19-12-5-4-6-16(19)11-13-20/h7-10,16,20H,4-6,11-13H2,1-3H3. The minimum atomic E-state index is 0.103. The fourth-order valence-corrected chi connectivity index (χ4v) is 3.00. The first-order chi connectivity index (χ1) is 9.93. The maximum Gasteiger partial charge on any atom is 0.254 e. The predicted octanol–water partition coefficient (Wildman–Crippen LogP) is 3.36. The van der Waals surface area contributed by atoms with Crippen LogP contribution in [0.4, 0.5) is 0 Å². The molecular weight excluding hydrogens is 262 g/mol. The van der Waals surface area contributed by atoms with Gasteiger partial charge < -0.3 is 10.0 Å². The summed E-state index contributed by atoms with van der Waals surface area (Å²) in [5.74, 6) is 0.105. The van der Waals surface area contributed by atoms with Gasteiger partial charge in [-0.3, -0.25) is 4.79 Å². The van der Waals surface area contributed by atoms with Crippen molar-refractivity contribution >= 4 is 5.91 Å². The number of benzene rings is 1. The van der Waals surface area contributed by atoms with Gasteiger partial charge in [-0.15, -0.1) is 0 Å². The second kappa shape index (κ2) is 6.61. The number of aliphatic hydroxyl groups excluding tert-OH is 1. The first-order valence-corrected chi connectivity index (χ1v) is 7.96. The summed E-state index contributed by atoms with van der Waals surface area (Å²) in [4.78, 5) is 14.6. The fourth-order valence-electron chi connectivity index (χ4n) is 3.00. The van der Waals surface area contributed by atoms with E-state index in [1.165, 1.54) is 5.56 Å². The summed E-state index contributed by atoms with van der Waals surface area (Å²) in [7, 11) is 0. The summed E-state index contributed by atoms with van der Waals surface area (Å²) < 4.78 is 0. The van der Waals surface area contributed by atoms with Crippen molar-refractivity contribution in [3.8, 4) is 0 Å². The van der Waals surface area contributed by atoms with E-state index in [1.807, 2.05) is 17.0 Å². The fraction of sp³-hybridized carbons (Fsp3) is 0.611. The maximum absolute atomic E-state index is 12.7. The Morgan fingerprint density at radius 1 is 1.24 bits per heavy atom. The molecule has 0 aromatic heterocycles. The van der Waals surface area contributed by atoms with E-state index in [9.17, 15) is 9.90 Å². The first-order valence-electron chi connectivity index (χ1n) is 7.96. The molecular formula is C18H27NO2. The third-order valence-electron chi connectivity index (χ3n) is 4.35. The lowest BCUT2D eigenvalue weighted by Gasteiger charge is -2.35. The van der Waals surface area contributed by atoms with Crippen LogP contribution in [-0.4, -0.2) is 35.1 Å². The van der Waals surface area contributed by atoms with Gasteiger partial charge in [0.05, 0.1) is 0 Å². The lowest BCUT2D eigenvalue weighted by Crippen LogP contribution is -2.44. The van der Waals surface area contributed by atoms with E-state index in [-0.39, 0.29) is 24.0 Å². The molecule has 3 heteroatoms. The van der Waals surface area contributed by atoms with Crippen LogP contribution in [0, 0.1) is 0 Å². The zero-order chi connectivity index (χ0) is 15.5. The van der Waals surface area contributed by atoms with Crippen molar-refractivity contribution in [3.05, 3.63) is 35.4 Å². The van der Waals surface area contributed by atoms with Crippen molar-refractivity contribution in [2.24, 2.45) is 0 Å². The van der Waals surface area contributed by atoms with Crippen LogP contribution in [0.1, 0.15) is 62.4 Å². The molecule has 1 atom stereocenters. The normalized spacial score (nSPS) is 19.6. The van der Waals surface area contributed by atoms with Crippen molar-refractivity contribution in [1.29, 1.82) is 0 Å². The number of carbonyl (C=O) groups excluding carboxylic acids is 1. The number of nitrogens with zero attached hydrogens (tertiary/aromatic N) is 1. The van der Waals surface area contributed by atoms with Gasteiger partial charge in [0.1, 0.15) is 0 Å². The van der Waals surface area contributed by atoms with Gasteiger partial charge in [-0.05, 0) is 48.8 Å². The molecule has 1 unspecified atom stereocenters. The first kappa shape index (κ1) is 16.0. The van der Waals surface area contributed by atoms with Crippen LogP contribution < -0.4 is 0 Å². The number of aliphatic hydroxyl groups is 1. The van der Waals surface area contributed by atoms with Crippen LogP contribution in [-0.2, 0) is 5.41 Å². The summed E-state index contributed by atoms with van der Waals surface area (Å²) >= 11 is 0. The highest BCUT2D eigenvalue weighted by atomic mass is 16.3. The van der Waals surface area contributed by atoms with Gasteiger partial charge in [0.15, 0.2) is 0 Å². The van der Waals surface area contributed by atoms with E-state index >= 15 is 0 Å². The molecule has 0 saturated carbocycles. The molecule has 1 aromatic rings. The van der Waals surface area contributed by atoms with Crippen molar-refractivity contribution in [3.63, 3.8) is 0 Å². The largest absolute Gasteiger partial charge is 0.396 e. The minimum Gasteiger partial charge on any atom is -0.396 e. The van der Waals surface area contributed by atoms with E-state index in [2.05, 4.69) is 32.9 Å². The molecule has 0 spiro atoms. The molecule has 21 heavy (non-hydrogen) atoms. The van der Waals surface area contributed by atoms with Crippen molar-refractivity contribution in [2.75, 3.05) is 13.2 Å². The van der Waals surface area contributed by atoms with E-state index in [1.54, 1.807) is 0 Å². The summed E-state index contributed by atoms with van der Waals surface area (Å²) in [6.45, 7) is 7.48. The molecule has 1 aliphatic rings. The summed E-state index contributed by atoms with van der Waals surface area (Å²) in [5, 5.41) is 9.18. The maximum atomic E-state index is 12.7. The highest BCUT2D eigenvalue weighted by Gasteiger charge is 2.27. The average Bonchev–Trinajstić information content (AvgIpc) is 2.47. The number of piperidine rings is 1. The molecule has 1 saturated heterocycles. The highest BCUT2D eigenvalue weighted by Crippen LogP contribution is 2.25. The average molecular weight is 289 g/mol. The molecule has 3 nitrogen and oxygen atoms in total. The third-order valence-corrected chi connectivity index (χ3v) is 4.35.